The number of amides is 1. The molecule has 0 saturated heterocycles. The van der Waals surface area contributed by atoms with Crippen LogP contribution in [-0.4, -0.2) is 40.4 Å². The minimum atomic E-state index is 0.0328. The van der Waals surface area contributed by atoms with Crippen LogP contribution in [0.1, 0.15) is 53.6 Å². The molecule has 1 saturated carbocycles. The van der Waals surface area contributed by atoms with Crippen molar-refractivity contribution in [3.63, 3.8) is 0 Å². The fourth-order valence-electron chi connectivity index (χ4n) is 4.99. The summed E-state index contributed by atoms with van der Waals surface area (Å²) in [6.45, 7) is 1.60. The molecule has 1 aliphatic carbocycles. The molecule has 3 aromatic rings. The van der Waals surface area contributed by atoms with Crippen molar-refractivity contribution >= 4 is 11.7 Å². The summed E-state index contributed by atoms with van der Waals surface area (Å²) >= 11 is 0. The summed E-state index contributed by atoms with van der Waals surface area (Å²) in [6.07, 6.45) is 8.52. The van der Waals surface area contributed by atoms with Gasteiger partial charge in [-0.05, 0) is 30.4 Å². The lowest BCUT2D eigenvalue weighted by molar-refractivity contribution is 0.0696. The lowest BCUT2D eigenvalue weighted by Crippen LogP contribution is -2.40. The summed E-state index contributed by atoms with van der Waals surface area (Å²) in [4.78, 5) is 27.4. The van der Waals surface area contributed by atoms with Crippen LogP contribution in [0.3, 0.4) is 0 Å². The van der Waals surface area contributed by atoms with E-state index in [1.165, 1.54) is 30.4 Å². The first-order valence-electron chi connectivity index (χ1n) is 11.7. The summed E-state index contributed by atoms with van der Waals surface area (Å²) in [7, 11) is 1.94. The predicted octanol–water partition coefficient (Wildman–Crippen LogP) is 5.11. The Hall–Kier alpha value is -3.21. The summed E-state index contributed by atoms with van der Waals surface area (Å²) in [6, 6.07) is 18.9. The monoisotopic (exact) mass is 426 g/mol. The zero-order chi connectivity index (χ0) is 21.9. The van der Waals surface area contributed by atoms with E-state index in [-0.39, 0.29) is 5.91 Å². The van der Waals surface area contributed by atoms with Crippen LogP contribution >= 0.6 is 0 Å². The first kappa shape index (κ1) is 20.7. The van der Waals surface area contributed by atoms with Crippen molar-refractivity contribution in [1.29, 1.82) is 0 Å². The minimum absolute atomic E-state index is 0.0328. The Kier molecular flexibility index (Phi) is 5.89. The van der Waals surface area contributed by atoms with E-state index in [1.807, 2.05) is 42.3 Å². The van der Waals surface area contributed by atoms with E-state index < -0.39 is 0 Å². The Morgan fingerprint density at radius 1 is 0.969 bits per heavy atom. The first-order valence-corrected chi connectivity index (χ1v) is 11.7. The van der Waals surface area contributed by atoms with Gasteiger partial charge in [0.2, 0.25) is 0 Å². The lowest BCUT2D eigenvalue weighted by Gasteiger charge is -2.34. The van der Waals surface area contributed by atoms with E-state index in [2.05, 4.69) is 34.1 Å². The Labute approximate surface area is 190 Å². The minimum Gasteiger partial charge on any atom is -0.351 e. The molecule has 5 nitrogen and oxygen atoms in total. The highest BCUT2D eigenvalue weighted by Gasteiger charge is 2.29. The van der Waals surface area contributed by atoms with Gasteiger partial charge in [-0.3, -0.25) is 4.79 Å². The van der Waals surface area contributed by atoms with Gasteiger partial charge in [0.05, 0.1) is 0 Å². The molecule has 0 unspecified atom stereocenters. The van der Waals surface area contributed by atoms with E-state index in [0.29, 0.717) is 17.4 Å². The molecule has 2 heterocycles. The first-order chi connectivity index (χ1) is 15.7. The maximum absolute atomic E-state index is 13.6. The number of anilines is 1. The summed E-state index contributed by atoms with van der Waals surface area (Å²) < 4.78 is 0. The van der Waals surface area contributed by atoms with Gasteiger partial charge >= 0.3 is 0 Å². The number of benzene rings is 2. The van der Waals surface area contributed by atoms with Crippen LogP contribution in [0.15, 0.2) is 60.8 Å². The van der Waals surface area contributed by atoms with Crippen LogP contribution < -0.4 is 4.90 Å². The second-order valence-corrected chi connectivity index (χ2v) is 8.95. The number of fused-ring (bicyclic) bond motifs is 1. The number of carbonyl (C=O) groups is 1. The van der Waals surface area contributed by atoms with Crippen molar-refractivity contribution in [2.45, 2.75) is 51.1 Å². The zero-order valence-corrected chi connectivity index (χ0v) is 18.7. The van der Waals surface area contributed by atoms with Gasteiger partial charge in [-0.1, -0.05) is 73.9 Å². The zero-order valence-electron chi connectivity index (χ0n) is 18.7. The molecular formula is C27H30N4O. The average molecular weight is 427 g/mol. The highest BCUT2D eigenvalue weighted by Crippen LogP contribution is 2.30. The Bertz CT molecular complexity index is 1090. The van der Waals surface area contributed by atoms with Gasteiger partial charge in [-0.2, -0.15) is 0 Å². The molecule has 1 fully saturated rings. The van der Waals surface area contributed by atoms with Crippen LogP contribution in [0.5, 0.6) is 0 Å². The summed E-state index contributed by atoms with van der Waals surface area (Å²) in [5, 5.41) is 0. The van der Waals surface area contributed by atoms with Crippen LogP contribution in [0.25, 0.3) is 11.4 Å². The molecular weight excluding hydrogens is 396 g/mol. The number of hydrogen-bond acceptors (Lipinski definition) is 4. The molecule has 0 spiro atoms. The van der Waals surface area contributed by atoms with Crippen molar-refractivity contribution in [3.8, 4) is 11.4 Å². The Balaban J connectivity index is 1.52. The van der Waals surface area contributed by atoms with E-state index in [1.54, 1.807) is 6.20 Å². The lowest BCUT2D eigenvalue weighted by atomic mass is 9.94. The molecule has 0 bridgehead atoms. The molecule has 5 rings (SSSR count). The van der Waals surface area contributed by atoms with Crippen LogP contribution in [0.4, 0.5) is 5.82 Å². The molecule has 0 atom stereocenters. The van der Waals surface area contributed by atoms with Gasteiger partial charge in [0.1, 0.15) is 11.4 Å². The van der Waals surface area contributed by atoms with Crippen molar-refractivity contribution in [1.82, 2.24) is 14.9 Å². The van der Waals surface area contributed by atoms with Gasteiger partial charge in [-0.15, -0.1) is 0 Å². The molecule has 164 valence electrons. The summed E-state index contributed by atoms with van der Waals surface area (Å²) in [5.74, 6) is 1.45. The average Bonchev–Trinajstić information content (AvgIpc) is 2.88. The maximum Gasteiger partial charge on any atom is 0.259 e. The highest BCUT2D eigenvalue weighted by molar-refractivity contribution is 5.99. The number of aromatic nitrogens is 2. The molecule has 1 amide bonds. The summed E-state index contributed by atoms with van der Waals surface area (Å²) in [5.41, 5.74) is 4.26. The number of nitrogens with zero attached hydrogens (tertiary/aromatic N) is 4. The van der Waals surface area contributed by atoms with Gasteiger partial charge in [0.25, 0.3) is 5.91 Å². The molecule has 5 heteroatoms. The second kappa shape index (κ2) is 9.11. The highest BCUT2D eigenvalue weighted by atomic mass is 16.2. The SMILES string of the molecule is CN(C(=O)c1cnc(-c2ccccc2)nc1N1CCc2ccccc2C1)C1CCCCC1. The number of hydrogen-bond donors (Lipinski definition) is 0. The topological polar surface area (TPSA) is 49.3 Å². The van der Waals surface area contributed by atoms with Crippen LogP contribution in [-0.2, 0) is 13.0 Å². The molecule has 0 radical (unpaired) electrons. The van der Waals surface area contributed by atoms with E-state index in [9.17, 15) is 4.79 Å². The van der Waals surface area contributed by atoms with Gasteiger partial charge in [0.15, 0.2) is 5.82 Å². The predicted molar refractivity (Wildman–Crippen MR) is 128 cm³/mol. The number of rotatable bonds is 4. The van der Waals surface area contributed by atoms with Crippen molar-refractivity contribution in [2.75, 3.05) is 18.5 Å². The number of carbonyl (C=O) groups excluding carboxylic acids is 1. The standard InChI is InChI=1S/C27H30N4O/c1-30(23-14-6-3-7-15-23)27(32)24-18-28-25(21-11-4-2-5-12-21)29-26(24)31-17-16-20-10-8-9-13-22(20)19-31/h2,4-5,8-13,18,23H,3,6-7,14-17,19H2,1H3. The van der Waals surface area contributed by atoms with Crippen molar-refractivity contribution < 1.29 is 4.79 Å². The molecule has 2 aliphatic rings. The van der Waals surface area contributed by atoms with Gasteiger partial charge < -0.3 is 9.80 Å². The second-order valence-electron chi connectivity index (χ2n) is 8.95. The van der Waals surface area contributed by atoms with E-state index >= 15 is 0 Å². The fraction of sp³-hybridized carbons (Fsp3) is 0.370. The molecule has 1 aliphatic heterocycles. The molecule has 32 heavy (non-hydrogen) atoms. The van der Waals surface area contributed by atoms with Gasteiger partial charge in [0, 0.05) is 37.9 Å². The van der Waals surface area contributed by atoms with Gasteiger partial charge in [-0.25, -0.2) is 9.97 Å². The largest absolute Gasteiger partial charge is 0.351 e. The third-order valence-electron chi connectivity index (χ3n) is 6.90. The molecule has 1 aromatic heterocycles. The smallest absolute Gasteiger partial charge is 0.259 e. The van der Waals surface area contributed by atoms with Crippen LogP contribution in [0.2, 0.25) is 0 Å². The normalized spacial score (nSPS) is 16.5. The van der Waals surface area contributed by atoms with Crippen molar-refractivity contribution in [2.24, 2.45) is 0 Å². The Morgan fingerprint density at radius 3 is 2.47 bits per heavy atom. The van der Waals surface area contributed by atoms with E-state index in [0.717, 1.165) is 43.7 Å². The molecule has 0 N–H and O–H groups in total. The fourth-order valence-corrected chi connectivity index (χ4v) is 4.99. The third kappa shape index (κ3) is 4.12. The van der Waals surface area contributed by atoms with Crippen molar-refractivity contribution in [3.05, 3.63) is 77.5 Å². The third-order valence-corrected chi connectivity index (χ3v) is 6.90. The molecule has 2 aromatic carbocycles. The Morgan fingerprint density at radius 2 is 1.69 bits per heavy atom. The maximum atomic E-state index is 13.6. The van der Waals surface area contributed by atoms with E-state index in [4.69, 9.17) is 4.98 Å². The van der Waals surface area contributed by atoms with Crippen LogP contribution in [0, 0.1) is 0 Å². The quantitative estimate of drug-likeness (QED) is 0.582.